The Labute approximate surface area is 144 Å². The molecule has 0 atom stereocenters. The molecular formula is C18H17N3O4. The van der Waals surface area contributed by atoms with Crippen molar-refractivity contribution in [2.24, 2.45) is 0 Å². The molecule has 25 heavy (non-hydrogen) atoms. The summed E-state index contributed by atoms with van der Waals surface area (Å²) in [5, 5.41) is 3.07. The molecule has 2 aromatic carbocycles. The number of imidazole rings is 1. The van der Waals surface area contributed by atoms with Gasteiger partial charge in [-0.05, 0) is 37.3 Å². The largest absolute Gasteiger partial charge is 0.465 e. The van der Waals surface area contributed by atoms with Gasteiger partial charge in [0.25, 0.3) is 0 Å². The number of aromatic nitrogens is 2. The molecular weight excluding hydrogens is 322 g/mol. The Morgan fingerprint density at radius 3 is 2.72 bits per heavy atom. The van der Waals surface area contributed by atoms with E-state index >= 15 is 0 Å². The average Bonchev–Trinajstić information content (AvgIpc) is 3.03. The minimum absolute atomic E-state index is 0.316. The first-order chi connectivity index (χ1) is 12.1. The second-order valence-electron chi connectivity index (χ2n) is 5.20. The van der Waals surface area contributed by atoms with E-state index in [-0.39, 0.29) is 5.97 Å². The minimum atomic E-state index is -0.441. The number of esters is 2. The normalized spacial score (nSPS) is 10.5. The maximum absolute atomic E-state index is 11.8. The Bertz CT molecular complexity index is 933. The van der Waals surface area contributed by atoms with Crippen molar-refractivity contribution in [3.8, 4) is 0 Å². The van der Waals surface area contributed by atoms with Crippen LogP contribution in [-0.2, 0) is 9.47 Å². The van der Waals surface area contributed by atoms with Crippen molar-refractivity contribution in [2.75, 3.05) is 19.0 Å². The topological polar surface area (TPSA) is 93.3 Å². The molecule has 0 amide bonds. The Morgan fingerprint density at radius 1 is 1.16 bits per heavy atom. The lowest BCUT2D eigenvalue weighted by Gasteiger charge is -2.07. The van der Waals surface area contributed by atoms with Crippen LogP contribution in [0.3, 0.4) is 0 Å². The van der Waals surface area contributed by atoms with Crippen LogP contribution in [0, 0.1) is 0 Å². The number of para-hydroxylation sites is 1. The number of carbonyl (C=O) groups excluding carboxylic acids is 2. The molecule has 0 aliphatic rings. The van der Waals surface area contributed by atoms with E-state index in [0.717, 1.165) is 0 Å². The lowest BCUT2D eigenvalue weighted by molar-refractivity contribution is 0.0525. The first-order valence-electron chi connectivity index (χ1n) is 7.73. The van der Waals surface area contributed by atoms with Crippen molar-refractivity contribution in [3.63, 3.8) is 0 Å². The number of methoxy groups -OCH3 is 1. The third-order valence-electron chi connectivity index (χ3n) is 3.58. The Kier molecular flexibility index (Phi) is 4.65. The predicted molar refractivity (Wildman–Crippen MR) is 93.1 cm³/mol. The fourth-order valence-electron chi connectivity index (χ4n) is 2.42. The molecule has 0 aliphatic carbocycles. The third kappa shape index (κ3) is 3.45. The van der Waals surface area contributed by atoms with Crippen molar-refractivity contribution in [1.29, 1.82) is 0 Å². The predicted octanol–water partition coefficient (Wildman–Crippen LogP) is 3.27. The van der Waals surface area contributed by atoms with Gasteiger partial charge in [0.2, 0.25) is 5.95 Å². The van der Waals surface area contributed by atoms with E-state index in [4.69, 9.17) is 9.47 Å². The third-order valence-corrected chi connectivity index (χ3v) is 3.58. The number of aromatic amines is 1. The number of nitrogens with zero attached hydrogens (tertiary/aromatic N) is 1. The molecule has 0 saturated carbocycles. The molecule has 1 heterocycles. The lowest BCUT2D eigenvalue weighted by Crippen LogP contribution is -2.05. The van der Waals surface area contributed by atoms with Gasteiger partial charge in [-0.25, -0.2) is 14.6 Å². The first kappa shape index (κ1) is 16.5. The number of rotatable bonds is 5. The van der Waals surface area contributed by atoms with Crippen molar-refractivity contribution < 1.29 is 19.1 Å². The van der Waals surface area contributed by atoms with Gasteiger partial charge in [-0.2, -0.15) is 0 Å². The molecule has 7 nitrogen and oxygen atoms in total. The number of hydrogen-bond donors (Lipinski definition) is 2. The molecule has 0 fully saturated rings. The number of H-pyrrole nitrogens is 1. The van der Waals surface area contributed by atoms with Crippen LogP contribution in [-0.4, -0.2) is 35.6 Å². The van der Waals surface area contributed by atoms with Gasteiger partial charge >= 0.3 is 11.9 Å². The minimum Gasteiger partial charge on any atom is -0.465 e. The number of benzene rings is 2. The lowest BCUT2D eigenvalue weighted by atomic mass is 10.2. The van der Waals surface area contributed by atoms with Gasteiger partial charge in [-0.1, -0.05) is 12.1 Å². The van der Waals surface area contributed by atoms with Crippen LogP contribution >= 0.6 is 0 Å². The van der Waals surface area contributed by atoms with Crippen LogP contribution in [0.25, 0.3) is 11.0 Å². The molecule has 0 bridgehead atoms. The van der Waals surface area contributed by atoms with E-state index in [1.54, 1.807) is 49.4 Å². The number of carbonyl (C=O) groups is 2. The van der Waals surface area contributed by atoms with Gasteiger partial charge in [0.05, 0.1) is 41.6 Å². The Hall–Kier alpha value is -3.35. The fourth-order valence-corrected chi connectivity index (χ4v) is 2.42. The highest BCUT2D eigenvalue weighted by Crippen LogP contribution is 2.23. The maximum atomic E-state index is 11.8. The first-order valence-corrected chi connectivity index (χ1v) is 7.73. The summed E-state index contributed by atoms with van der Waals surface area (Å²) in [6.07, 6.45) is 0. The van der Waals surface area contributed by atoms with E-state index in [2.05, 4.69) is 15.3 Å². The van der Waals surface area contributed by atoms with Gasteiger partial charge in [0.15, 0.2) is 0 Å². The molecule has 1 aromatic heterocycles. The second kappa shape index (κ2) is 7.04. The van der Waals surface area contributed by atoms with Crippen LogP contribution in [0.1, 0.15) is 27.6 Å². The Balaban J connectivity index is 1.91. The summed E-state index contributed by atoms with van der Waals surface area (Å²) < 4.78 is 9.77. The SMILES string of the molecule is CCOC(=O)c1ccc2nc(Nc3ccccc3C(=O)OC)[nH]c2c1. The smallest absolute Gasteiger partial charge is 0.339 e. The highest BCUT2D eigenvalue weighted by molar-refractivity contribution is 5.97. The zero-order chi connectivity index (χ0) is 17.8. The standard InChI is InChI=1S/C18H17N3O4/c1-3-25-16(22)11-8-9-14-15(10-11)21-18(20-14)19-13-7-5-4-6-12(13)17(23)24-2/h4-10H,3H2,1-2H3,(H2,19,20,21). The van der Waals surface area contributed by atoms with Crippen LogP contribution in [0.5, 0.6) is 0 Å². The van der Waals surface area contributed by atoms with Gasteiger partial charge in [0.1, 0.15) is 0 Å². The molecule has 128 valence electrons. The van der Waals surface area contributed by atoms with Crippen molar-refractivity contribution in [2.45, 2.75) is 6.92 Å². The number of fused-ring (bicyclic) bond motifs is 1. The highest BCUT2D eigenvalue weighted by Gasteiger charge is 2.13. The van der Waals surface area contributed by atoms with E-state index in [9.17, 15) is 9.59 Å². The molecule has 2 N–H and O–H groups in total. The summed E-state index contributed by atoms with van der Waals surface area (Å²) in [4.78, 5) is 31.1. The molecule has 3 rings (SSSR count). The van der Waals surface area contributed by atoms with Crippen LogP contribution in [0.2, 0.25) is 0 Å². The quantitative estimate of drug-likeness (QED) is 0.693. The van der Waals surface area contributed by atoms with Crippen molar-refractivity contribution in [1.82, 2.24) is 9.97 Å². The summed E-state index contributed by atoms with van der Waals surface area (Å²) in [5.74, 6) is -0.374. The molecule has 0 unspecified atom stereocenters. The number of hydrogen-bond acceptors (Lipinski definition) is 6. The Morgan fingerprint density at radius 2 is 1.96 bits per heavy atom. The van der Waals surface area contributed by atoms with E-state index in [1.165, 1.54) is 7.11 Å². The summed E-state index contributed by atoms with van der Waals surface area (Å²) in [7, 11) is 1.33. The molecule has 0 spiro atoms. The molecule has 0 radical (unpaired) electrons. The summed E-state index contributed by atoms with van der Waals surface area (Å²) >= 11 is 0. The van der Waals surface area contributed by atoms with Crippen LogP contribution < -0.4 is 5.32 Å². The number of nitrogens with one attached hydrogen (secondary N) is 2. The van der Waals surface area contributed by atoms with Crippen LogP contribution in [0.15, 0.2) is 42.5 Å². The van der Waals surface area contributed by atoms with E-state index in [0.29, 0.717) is 40.4 Å². The fraction of sp³-hybridized carbons (Fsp3) is 0.167. The van der Waals surface area contributed by atoms with E-state index in [1.807, 2.05) is 0 Å². The van der Waals surface area contributed by atoms with Crippen molar-refractivity contribution in [3.05, 3.63) is 53.6 Å². The molecule has 7 heteroatoms. The monoisotopic (exact) mass is 339 g/mol. The van der Waals surface area contributed by atoms with Gasteiger partial charge in [0, 0.05) is 0 Å². The number of ether oxygens (including phenoxy) is 2. The highest BCUT2D eigenvalue weighted by atomic mass is 16.5. The summed E-state index contributed by atoms with van der Waals surface area (Å²) in [5.41, 5.74) is 2.78. The zero-order valence-electron chi connectivity index (χ0n) is 13.8. The maximum Gasteiger partial charge on any atom is 0.339 e. The summed E-state index contributed by atoms with van der Waals surface area (Å²) in [6.45, 7) is 2.07. The second-order valence-corrected chi connectivity index (χ2v) is 5.20. The number of anilines is 2. The zero-order valence-corrected chi connectivity index (χ0v) is 13.8. The van der Waals surface area contributed by atoms with Crippen molar-refractivity contribution >= 4 is 34.6 Å². The van der Waals surface area contributed by atoms with Gasteiger partial charge in [-0.15, -0.1) is 0 Å². The van der Waals surface area contributed by atoms with Gasteiger partial charge < -0.3 is 19.8 Å². The van der Waals surface area contributed by atoms with E-state index < -0.39 is 5.97 Å². The molecule has 0 aliphatic heterocycles. The molecule has 3 aromatic rings. The van der Waals surface area contributed by atoms with Crippen LogP contribution in [0.4, 0.5) is 11.6 Å². The average molecular weight is 339 g/mol. The van der Waals surface area contributed by atoms with Gasteiger partial charge in [-0.3, -0.25) is 0 Å². The molecule has 0 saturated heterocycles. The summed E-state index contributed by atoms with van der Waals surface area (Å²) in [6, 6.07) is 12.0.